The maximum Gasteiger partial charge on any atom is 0.317 e. The molecule has 0 radical (unpaired) electrons. The zero-order valence-electron chi connectivity index (χ0n) is 12.2. The summed E-state index contributed by atoms with van der Waals surface area (Å²) in [7, 11) is 1.72. The maximum absolute atomic E-state index is 11.9. The van der Waals surface area contributed by atoms with Crippen molar-refractivity contribution < 1.29 is 9.90 Å². The van der Waals surface area contributed by atoms with Gasteiger partial charge in [0.15, 0.2) is 0 Å². The third kappa shape index (κ3) is 4.20. The number of carbonyl (C=O) groups excluding carboxylic acids is 1. The molecule has 2 N–H and O–H groups in total. The number of carbonyl (C=O) groups is 1. The number of amides is 2. The Labute approximate surface area is 120 Å². The summed E-state index contributed by atoms with van der Waals surface area (Å²) in [6.07, 6.45) is 6.17. The summed E-state index contributed by atoms with van der Waals surface area (Å²) in [5.41, 5.74) is 2.33. The lowest BCUT2D eigenvalue weighted by molar-refractivity contribution is 0.113. The van der Waals surface area contributed by atoms with Gasteiger partial charge in [-0.1, -0.05) is 0 Å². The first kappa shape index (κ1) is 14.8. The molecule has 1 aliphatic rings. The van der Waals surface area contributed by atoms with Crippen molar-refractivity contribution in [2.45, 2.75) is 32.3 Å². The summed E-state index contributed by atoms with van der Waals surface area (Å²) in [5.74, 6) is 0.393. The standard InChI is InChI=1S/C15H23N3O2/c1-11-9-16-7-5-12(11)6-8-17-15(20)18(2)10-14(19)13-3-4-13/h5,7,9,13-14,19H,3-4,6,8,10H2,1-2H3,(H,17,20). The molecular formula is C15H23N3O2. The van der Waals surface area contributed by atoms with Crippen molar-refractivity contribution in [1.82, 2.24) is 15.2 Å². The van der Waals surface area contributed by atoms with Crippen LogP contribution in [0.3, 0.4) is 0 Å². The lowest BCUT2D eigenvalue weighted by Crippen LogP contribution is -2.42. The van der Waals surface area contributed by atoms with E-state index < -0.39 is 0 Å². The monoisotopic (exact) mass is 277 g/mol. The Morgan fingerprint density at radius 1 is 1.60 bits per heavy atom. The molecule has 0 aromatic carbocycles. The first-order chi connectivity index (χ1) is 9.58. The first-order valence-electron chi connectivity index (χ1n) is 7.14. The van der Waals surface area contributed by atoms with E-state index in [1.54, 1.807) is 18.1 Å². The highest BCUT2D eigenvalue weighted by molar-refractivity contribution is 5.73. The highest BCUT2D eigenvalue weighted by Crippen LogP contribution is 2.32. The van der Waals surface area contributed by atoms with Crippen LogP contribution in [-0.2, 0) is 6.42 Å². The number of rotatable bonds is 6. The minimum absolute atomic E-state index is 0.128. The van der Waals surface area contributed by atoms with Crippen LogP contribution in [0.2, 0.25) is 0 Å². The third-order valence-electron chi connectivity index (χ3n) is 3.78. The summed E-state index contributed by atoms with van der Waals surface area (Å²) < 4.78 is 0. The summed E-state index contributed by atoms with van der Waals surface area (Å²) in [5, 5.41) is 12.7. The molecule has 5 nitrogen and oxygen atoms in total. The van der Waals surface area contributed by atoms with Crippen molar-refractivity contribution >= 4 is 6.03 Å². The SMILES string of the molecule is Cc1cnccc1CCNC(=O)N(C)CC(O)C1CC1. The largest absolute Gasteiger partial charge is 0.391 e. The number of pyridine rings is 1. The molecule has 0 bridgehead atoms. The molecule has 1 heterocycles. The minimum atomic E-state index is -0.381. The van der Waals surface area contributed by atoms with E-state index in [0.29, 0.717) is 19.0 Å². The predicted octanol–water partition coefficient (Wildman–Crippen LogP) is 1.34. The van der Waals surface area contributed by atoms with Gasteiger partial charge in [-0.05, 0) is 49.3 Å². The first-order valence-corrected chi connectivity index (χ1v) is 7.14. The number of nitrogens with one attached hydrogen (secondary N) is 1. The van der Waals surface area contributed by atoms with Gasteiger partial charge in [-0.25, -0.2) is 4.79 Å². The van der Waals surface area contributed by atoms with Crippen LogP contribution >= 0.6 is 0 Å². The van der Waals surface area contributed by atoms with Crippen LogP contribution < -0.4 is 5.32 Å². The highest BCUT2D eigenvalue weighted by Gasteiger charge is 2.31. The molecule has 0 spiro atoms. The van der Waals surface area contributed by atoms with E-state index in [0.717, 1.165) is 24.8 Å². The molecule has 1 aromatic rings. The van der Waals surface area contributed by atoms with Gasteiger partial charge in [0, 0.05) is 32.5 Å². The van der Waals surface area contributed by atoms with Crippen molar-refractivity contribution in [1.29, 1.82) is 0 Å². The Kier molecular flexibility index (Phi) is 4.95. The van der Waals surface area contributed by atoms with E-state index in [1.807, 2.05) is 19.2 Å². The van der Waals surface area contributed by atoms with Gasteiger partial charge in [0.2, 0.25) is 0 Å². The highest BCUT2D eigenvalue weighted by atomic mass is 16.3. The van der Waals surface area contributed by atoms with Crippen molar-refractivity contribution in [2.75, 3.05) is 20.1 Å². The van der Waals surface area contributed by atoms with Gasteiger partial charge in [0.05, 0.1) is 6.10 Å². The van der Waals surface area contributed by atoms with Crippen molar-refractivity contribution in [3.8, 4) is 0 Å². The number of nitrogens with zero attached hydrogens (tertiary/aromatic N) is 2. The van der Waals surface area contributed by atoms with Gasteiger partial charge in [0.25, 0.3) is 0 Å². The number of aromatic nitrogens is 1. The zero-order valence-corrected chi connectivity index (χ0v) is 12.2. The zero-order chi connectivity index (χ0) is 14.5. The summed E-state index contributed by atoms with van der Waals surface area (Å²) in [6.45, 7) is 3.01. The second-order valence-corrected chi connectivity index (χ2v) is 5.57. The predicted molar refractivity (Wildman–Crippen MR) is 77.4 cm³/mol. The Morgan fingerprint density at radius 2 is 2.35 bits per heavy atom. The third-order valence-corrected chi connectivity index (χ3v) is 3.78. The van der Waals surface area contributed by atoms with Crippen LogP contribution in [0.25, 0.3) is 0 Å². The maximum atomic E-state index is 11.9. The van der Waals surface area contributed by atoms with E-state index in [-0.39, 0.29) is 12.1 Å². The second-order valence-electron chi connectivity index (χ2n) is 5.57. The van der Waals surface area contributed by atoms with E-state index in [1.165, 1.54) is 5.56 Å². The van der Waals surface area contributed by atoms with E-state index in [4.69, 9.17) is 0 Å². The lowest BCUT2D eigenvalue weighted by atomic mass is 10.1. The topological polar surface area (TPSA) is 65.5 Å². The molecule has 1 aliphatic carbocycles. The fourth-order valence-electron chi connectivity index (χ4n) is 2.22. The Morgan fingerprint density at radius 3 is 3.00 bits per heavy atom. The van der Waals surface area contributed by atoms with Gasteiger partial charge in [-0.15, -0.1) is 0 Å². The van der Waals surface area contributed by atoms with Crippen LogP contribution in [0.1, 0.15) is 24.0 Å². The molecule has 1 fully saturated rings. The molecular weight excluding hydrogens is 254 g/mol. The second kappa shape index (κ2) is 6.70. The fraction of sp³-hybridized carbons (Fsp3) is 0.600. The number of urea groups is 1. The van der Waals surface area contributed by atoms with Crippen LogP contribution in [0.5, 0.6) is 0 Å². The quantitative estimate of drug-likeness (QED) is 0.825. The van der Waals surface area contributed by atoms with Crippen molar-refractivity contribution in [3.63, 3.8) is 0 Å². The van der Waals surface area contributed by atoms with E-state index >= 15 is 0 Å². The van der Waals surface area contributed by atoms with Gasteiger partial charge >= 0.3 is 6.03 Å². The molecule has 5 heteroatoms. The lowest BCUT2D eigenvalue weighted by Gasteiger charge is -2.21. The van der Waals surface area contributed by atoms with Crippen LogP contribution in [-0.4, -0.2) is 47.3 Å². The smallest absolute Gasteiger partial charge is 0.317 e. The molecule has 0 aliphatic heterocycles. The van der Waals surface area contributed by atoms with Crippen molar-refractivity contribution in [3.05, 3.63) is 29.6 Å². The average Bonchev–Trinajstić information content (AvgIpc) is 3.25. The molecule has 110 valence electrons. The van der Waals surface area contributed by atoms with Gasteiger partial charge < -0.3 is 15.3 Å². The molecule has 2 amide bonds. The van der Waals surface area contributed by atoms with Crippen LogP contribution in [0.4, 0.5) is 4.79 Å². The number of hydrogen-bond donors (Lipinski definition) is 2. The van der Waals surface area contributed by atoms with Gasteiger partial charge in [-0.3, -0.25) is 4.98 Å². The van der Waals surface area contributed by atoms with E-state index in [9.17, 15) is 9.90 Å². The summed E-state index contributed by atoms with van der Waals surface area (Å²) in [6, 6.07) is 1.85. The molecule has 1 saturated carbocycles. The summed E-state index contributed by atoms with van der Waals surface area (Å²) in [4.78, 5) is 17.5. The van der Waals surface area contributed by atoms with Crippen molar-refractivity contribution in [2.24, 2.45) is 5.92 Å². The molecule has 1 atom stereocenters. The number of aliphatic hydroxyl groups is 1. The fourth-order valence-corrected chi connectivity index (χ4v) is 2.22. The molecule has 1 aromatic heterocycles. The summed E-state index contributed by atoms with van der Waals surface area (Å²) >= 11 is 0. The van der Waals surface area contributed by atoms with Crippen LogP contribution in [0.15, 0.2) is 18.5 Å². The molecule has 20 heavy (non-hydrogen) atoms. The number of hydrogen-bond acceptors (Lipinski definition) is 3. The normalized spacial score (nSPS) is 15.8. The van der Waals surface area contributed by atoms with E-state index in [2.05, 4.69) is 10.3 Å². The Hall–Kier alpha value is -1.62. The van der Waals surface area contributed by atoms with Gasteiger partial charge in [0.1, 0.15) is 0 Å². The molecule has 2 rings (SSSR count). The Bertz CT molecular complexity index is 460. The van der Waals surface area contributed by atoms with Gasteiger partial charge in [-0.2, -0.15) is 0 Å². The molecule has 1 unspecified atom stereocenters. The number of aliphatic hydroxyl groups excluding tert-OH is 1. The average molecular weight is 277 g/mol. The molecule has 0 saturated heterocycles. The minimum Gasteiger partial charge on any atom is -0.391 e. The number of likely N-dealkylation sites (N-methyl/N-ethyl adjacent to an activating group) is 1. The van der Waals surface area contributed by atoms with Crippen LogP contribution in [0, 0.1) is 12.8 Å². The number of aryl methyl sites for hydroxylation is 1. The Balaban J connectivity index is 1.70.